The van der Waals surface area contributed by atoms with Crippen molar-refractivity contribution in [3.05, 3.63) is 30.1 Å². The van der Waals surface area contributed by atoms with E-state index in [-0.39, 0.29) is 0 Å². The molecule has 1 N–H and O–H groups in total. The molecule has 21 heavy (non-hydrogen) atoms. The zero-order valence-electron chi connectivity index (χ0n) is 13.2. The topological polar surface area (TPSA) is 35.8 Å². The minimum absolute atomic E-state index is 0.617. The van der Waals surface area contributed by atoms with Crippen LogP contribution in [0.4, 0.5) is 5.82 Å². The summed E-state index contributed by atoms with van der Waals surface area (Å²) in [5.41, 5.74) is 2.29. The number of pyridine rings is 1. The molecule has 1 aliphatic heterocycles. The van der Waals surface area contributed by atoms with Crippen LogP contribution in [0.25, 0.3) is 5.65 Å². The maximum atomic E-state index is 4.88. The summed E-state index contributed by atoms with van der Waals surface area (Å²) in [4.78, 5) is 9.66. The maximum Gasteiger partial charge on any atom is 0.152 e. The van der Waals surface area contributed by atoms with Crippen LogP contribution in [0.2, 0.25) is 0 Å². The van der Waals surface area contributed by atoms with Crippen LogP contribution in [0.3, 0.4) is 0 Å². The highest BCUT2D eigenvalue weighted by Gasteiger charge is 2.25. The standard InChI is InChI=1S/C16H25N5/c1-17-11-14-16(18-15-8-4-5-10-21(14)15)20-9-6-7-13(12-20)19(2)3/h4-5,8,10,13,17H,6-7,9,11-12H2,1-3H3. The third kappa shape index (κ3) is 2.76. The SMILES string of the molecule is CNCc1c(N2CCCC(N(C)C)C2)nc2ccccn12. The molecule has 0 bridgehead atoms. The van der Waals surface area contributed by atoms with Crippen LogP contribution in [0.15, 0.2) is 24.4 Å². The predicted molar refractivity (Wildman–Crippen MR) is 86.9 cm³/mol. The highest BCUT2D eigenvalue weighted by molar-refractivity contribution is 5.56. The Kier molecular flexibility index (Phi) is 4.12. The van der Waals surface area contributed by atoms with E-state index >= 15 is 0 Å². The smallest absolute Gasteiger partial charge is 0.152 e. The van der Waals surface area contributed by atoms with Gasteiger partial charge in [-0.2, -0.15) is 0 Å². The van der Waals surface area contributed by atoms with Crippen molar-refractivity contribution < 1.29 is 0 Å². The van der Waals surface area contributed by atoms with Crippen molar-refractivity contribution in [1.29, 1.82) is 0 Å². The Morgan fingerprint density at radius 1 is 1.38 bits per heavy atom. The minimum atomic E-state index is 0.617. The highest BCUT2D eigenvalue weighted by Crippen LogP contribution is 2.26. The normalized spacial score (nSPS) is 19.6. The molecule has 1 aliphatic rings. The molecular weight excluding hydrogens is 262 g/mol. The molecule has 2 aromatic heterocycles. The number of piperidine rings is 1. The molecule has 0 aliphatic carbocycles. The van der Waals surface area contributed by atoms with Crippen LogP contribution < -0.4 is 10.2 Å². The Balaban J connectivity index is 1.97. The van der Waals surface area contributed by atoms with Gasteiger partial charge in [0.05, 0.1) is 5.69 Å². The van der Waals surface area contributed by atoms with Gasteiger partial charge in [-0.1, -0.05) is 6.07 Å². The van der Waals surface area contributed by atoms with Crippen molar-refractivity contribution in [2.24, 2.45) is 0 Å². The van der Waals surface area contributed by atoms with E-state index in [0.717, 1.165) is 31.1 Å². The van der Waals surface area contributed by atoms with Crippen molar-refractivity contribution in [3.63, 3.8) is 0 Å². The average Bonchev–Trinajstić information content (AvgIpc) is 2.87. The summed E-state index contributed by atoms with van der Waals surface area (Å²) in [6.45, 7) is 3.00. The second-order valence-corrected chi connectivity index (χ2v) is 6.05. The lowest BCUT2D eigenvalue weighted by Crippen LogP contribution is -2.45. The fraction of sp³-hybridized carbons (Fsp3) is 0.562. The van der Waals surface area contributed by atoms with Gasteiger partial charge in [0.2, 0.25) is 0 Å². The minimum Gasteiger partial charge on any atom is -0.353 e. The first-order valence-electron chi connectivity index (χ1n) is 7.72. The van der Waals surface area contributed by atoms with Crippen LogP contribution >= 0.6 is 0 Å². The Morgan fingerprint density at radius 3 is 3.00 bits per heavy atom. The lowest BCUT2D eigenvalue weighted by Gasteiger charge is -2.36. The number of rotatable bonds is 4. The van der Waals surface area contributed by atoms with Gasteiger partial charge < -0.3 is 19.5 Å². The van der Waals surface area contributed by atoms with Gasteiger partial charge in [-0.15, -0.1) is 0 Å². The first-order valence-corrected chi connectivity index (χ1v) is 7.72. The molecule has 5 nitrogen and oxygen atoms in total. The summed E-state index contributed by atoms with van der Waals surface area (Å²) >= 11 is 0. The molecule has 0 radical (unpaired) electrons. The molecular formula is C16H25N5. The van der Waals surface area contributed by atoms with Crippen LogP contribution in [-0.4, -0.2) is 54.6 Å². The summed E-state index contributed by atoms with van der Waals surface area (Å²) in [5.74, 6) is 1.14. The third-order valence-corrected chi connectivity index (χ3v) is 4.38. The first-order chi connectivity index (χ1) is 10.2. The fourth-order valence-electron chi connectivity index (χ4n) is 3.19. The van der Waals surface area contributed by atoms with Crippen LogP contribution in [0.5, 0.6) is 0 Å². The molecule has 0 aromatic carbocycles. The Morgan fingerprint density at radius 2 is 2.24 bits per heavy atom. The average molecular weight is 287 g/mol. The number of nitrogens with zero attached hydrogens (tertiary/aromatic N) is 4. The first kappa shape index (κ1) is 14.4. The summed E-state index contributed by atoms with van der Waals surface area (Å²) < 4.78 is 2.20. The number of hydrogen-bond donors (Lipinski definition) is 1. The molecule has 0 saturated carbocycles. The van der Waals surface area contributed by atoms with E-state index in [1.165, 1.54) is 18.5 Å². The Bertz CT molecular complexity index is 604. The fourth-order valence-corrected chi connectivity index (χ4v) is 3.19. The third-order valence-electron chi connectivity index (χ3n) is 4.38. The molecule has 0 amide bonds. The second-order valence-electron chi connectivity index (χ2n) is 6.05. The zero-order valence-corrected chi connectivity index (χ0v) is 13.2. The molecule has 114 valence electrons. The lowest BCUT2D eigenvalue weighted by atomic mass is 10.0. The van der Waals surface area contributed by atoms with E-state index in [9.17, 15) is 0 Å². The lowest BCUT2D eigenvalue weighted by molar-refractivity contribution is 0.257. The van der Waals surface area contributed by atoms with Crippen LogP contribution in [0, 0.1) is 0 Å². The largest absolute Gasteiger partial charge is 0.353 e. The van der Waals surface area contributed by atoms with E-state index in [2.05, 4.69) is 51.9 Å². The molecule has 1 fully saturated rings. The van der Waals surface area contributed by atoms with Gasteiger partial charge in [0.25, 0.3) is 0 Å². The second kappa shape index (κ2) is 6.03. The molecule has 1 atom stereocenters. The number of hydrogen-bond acceptors (Lipinski definition) is 4. The summed E-state index contributed by atoms with van der Waals surface area (Å²) in [5, 5.41) is 3.28. The quantitative estimate of drug-likeness (QED) is 0.926. The van der Waals surface area contributed by atoms with E-state index in [4.69, 9.17) is 4.98 Å². The van der Waals surface area contributed by atoms with Crippen molar-refractivity contribution in [3.8, 4) is 0 Å². The number of imidazole rings is 1. The molecule has 3 heterocycles. The molecule has 3 rings (SSSR count). The van der Waals surface area contributed by atoms with Crippen molar-refractivity contribution in [2.45, 2.75) is 25.4 Å². The number of nitrogens with one attached hydrogen (secondary N) is 1. The summed E-state index contributed by atoms with van der Waals surface area (Å²) in [6.07, 6.45) is 4.61. The molecule has 5 heteroatoms. The van der Waals surface area contributed by atoms with Gasteiger partial charge in [-0.25, -0.2) is 4.98 Å². The summed E-state index contributed by atoms with van der Waals surface area (Å²) in [7, 11) is 6.34. The van der Waals surface area contributed by atoms with Gasteiger partial charge in [0, 0.05) is 31.9 Å². The van der Waals surface area contributed by atoms with Crippen molar-refractivity contribution in [1.82, 2.24) is 19.6 Å². The number of aromatic nitrogens is 2. The Labute approximate surface area is 126 Å². The molecule has 1 unspecified atom stereocenters. The Hall–Kier alpha value is -1.59. The van der Waals surface area contributed by atoms with Crippen LogP contribution in [0.1, 0.15) is 18.5 Å². The van der Waals surface area contributed by atoms with Crippen LogP contribution in [-0.2, 0) is 6.54 Å². The molecule has 2 aromatic rings. The maximum absolute atomic E-state index is 4.88. The highest BCUT2D eigenvalue weighted by atomic mass is 15.3. The van der Waals surface area contributed by atoms with Crippen molar-refractivity contribution in [2.75, 3.05) is 39.1 Å². The van der Waals surface area contributed by atoms with E-state index in [1.807, 2.05) is 13.1 Å². The van der Waals surface area contributed by atoms with E-state index < -0.39 is 0 Å². The van der Waals surface area contributed by atoms with Gasteiger partial charge in [0.1, 0.15) is 5.65 Å². The summed E-state index contributed by atoms with van der Waals surface area (Å²) in [6, 6.07) is 6.81. The van der Waals surface area contributed by atoms with Gasteiger partial charge in [-0.3, -0.25) is 0 Å². The number of anilines is 1. The van der Waals surface area contributed by atoms with Crippen molar-refractivity contribution >= 4 is 11.5 Å². The molecule has 1 saturated heterocycles. The van der Waals surface area contributed by atoms with E-state index in [1.54, 1.807) is 0 Å². The number of likely N-dealkylation sites (N-methyl/N-ethyl adjacent to an activating group) is 1. The zero-order chi connectivity index (χ0) is 14.8. The molecule has 0 spiro atoms. The van der Waals surface area contributed by atoms with E-state index in [0.29, 0.717) is 6.04 Å². The van der Waals surface area contributed by atoms with Gasteiger partial charge in [-0.05, 0) is 46.1 Å². The van der Waals surface area contributed by atoms with Gasteiger partial charge in [0.15, 0.2) is 5.82 Å². The number of fused-ring (bicyclic) bond motifs is 1. The predicted octanol–water partition coefficient (Wildman–Crippen LogP) is 1.58. The monoisotopic (exact) mass is 287 g/mol. The van der Waals surface area contributed by atoms with Gasteiger partial charge >= 0.3 is 0 Å².